The molecule has 0 spiro atoms. The van der Waals surface area contributed by atoms with E-state index in [1.165, 1.54) is 6.26 Å². The molecular weight excluding hydrogens is 562 g/mol. The van der Waals surface area contributed by atoms with Crippen molar-refractivity contribution in [1.82, 2.24) is 16.0 Å². The zero-order chi connectivity index (χ0) is 32.3. The number of carbonyl (C=O) groups excluding carboxylic acids is 4. The number of amides is 3. The van der Waals surface area contributed by atoms with Crippen LogP contribution in [0.2, 0.25) is 0 Å². The van der Waals surface area contributed by atoms with Crippen molar-refractivity contribution in [2.45, 2.75) is 77.6 Å². The minimum Gasteiger partial charge on any atom is -0.497 e. The van der Waals surface area contributed by atoms with Crippen LogP contribution in [0.1, 0.15) is 62.7 Å². The highest BCUT2D eigenvalue weighted by atomic mass is 16.6. The van der Waals surface area contributed by atoms with Crippen LogP contribution in [-0.4, -0.2) is 54.5 Å². The molecule has 2 aromatic carbocycles. The Bertz CT molecular complexity index is 1360. The maximum absolute atomic E-state index is 13.8. The van der Waals surface area contributed by atoms with Gasteiger partial charge in [-0.1, -0.05) is 56.3 Å². The first-order valence-corrected chi connectivity index (χ1v) is 14.7. The molecule has 1 heterocycles. The summed E-state index contributed by atoms with van der Waals surface area (Å²) in [5.74, 6) is -0.621. The van der Waals surface area contributed by atoms with Gasteiger partial charge in [-0.25, -0.2) is 4.79 Å². The molecule has 0 fully saturated rings. The Morgan fingerprint density at radius 1 is 0.750 bits per heavy atom. The van der Waals surface area contributed by atoms with Crippen LogP contribution < -0.4 is 20.7 Å². The van der Waals surface area contributed by atoms with E-state index in [4.69, 9.17) is 13.9 Å². The van der Waals surface area contributed by atoms with Crippen molar-refractivity contribution in [3.05, 3.63) is 89.9 Å². The predicted molar refractivity (Wildman–Crippen MR) is 166 cm³/mol. The van der Waals surface area contributed by atoms with Gasteiger partial charge in [0, 0.05) is 12.8 Å². The number of hydrogen-bond donors (Lipinski definition) is 3. The smallest absolute Gasteiger partial charge is 0.408 e. The Labute approximate surface area is 258 Å². The number of ketones is 1. The lowest BCUT2D eigenvalue weighted by molar-refractivity contribution is -0.130. The van der Waals surface area contributed by atoms with Gasteiger partial charge < -0.3 is 29.8 Å². The third-order valence-corrected chi connectivity index (χ3v) is 6.63. The number of hydrogen-bond acceptors (Lipinski definition) is 7. The molecule has 0 aliphatic rings. The van der Waals surface area contributed by atoms with Gasteiger partial charge in [-0.3, -0.25) is 14.4 Å². The molecule has 3 amide bonds. The van der Waals surface area contributed by atoms with Crippen molar-refractivity contribution >= 4 is 23.7 Å². The number of Topliss-reactive ketones (excluding diaryl/α,β-unsaturated/α-hetero) is 1. The van der Waals surface area contributed by atoms with Gasteiger partial charge in [0.1, 0.15) is 23.4 Å². The summed E-state index contributed by atoms with van der Waals surface area (Å²) in [6.07, 6.45) is 1.29. The van der Waals surface area contributed by atoms with Crippen molar-refractivity contribution in [2.75, 3.05) is 7.11 Å². The van der Waals surface area contributed by atoms with Crippen molar-refractivity contribution in [2.24, 2.45) is 5.92 Å². The third-order valence-electron chi connectivity index (χ3n) is 6.63. The Kier molecular flexibility index (Phi) is 12.1. The number of nitrogens with one attached hydrogen (secondary N) is 3. The van der Waals surface area contributed by atoms with Crippen LogP contribution in [0.15, 0.2) is 77.4 Å². The van der Waals surface area contributed by atoms with Crippen LogP contribution in [0.3, 0.4) is 0 Å². The molecule has 10 heteroatoms. The number of rotatable bonds is 14. The molecular formula is C34H43N3O7. The van der Waals surface area contributed by atoms with Gasteiger partial charge in [-0.2, -0.15) is 0 Å². The molecule has 0 bridgehead atoms. The number of carbonyl (C=O) groups is 4. The Balaban J connectivity index is 1.89. The lowest BCUT2D eigenvalue weighted by atomic mass is 9.97. The van der Waals surface area contributed by atoms with E-state index in [0.29, 0.717) is 12.2 Å². The largest absolute Gasteiger partial charge is 0.497 e. The highest BCUT2D eigenvalue weighted by Crippen LogP contribution is 2.16. The van der Waals surface area contributed by atoms with Gasteiger partial charge in [-0.05, 0) is 68.5 Å². The quantitative estimate of drug-likeness (QED) is 0.223. The van der Waals surface area contributed by atoms with Crippen molar-refractivity contribution in [3.8, 4) is 5.75 Å². The molecule has 10 nitrogen and oxygen atoms in total. The lowest BCUT2D eigenvalue weighted by Gasteiger charge is -2.27. The predicted octanol–water partition coefficient (Wildman–Crippen LogP) is 4.87. The Hall–Kier alpha value is -4.60. The second-order valence-electron chi connectivity index (χ2n) is 12.0. The summed E-state index contributed by atoms with van der Waals surface area (Å²) >= 11 is 0. The van der Waals surface area contributed by atoms with E-state index in [9.17, 15) is 19.2 Å². The van der Waals surface area contributed by atoms with Gasteiger partial charge in [0.2, 0.25) is 17.6 Å². The van der Waals surface area contributed by atoms with E-state index in [-0.39, 0.29) is 30.3 Å². The van der Waals surface area contributed by atoms with Crippen LogP contribution in [0, 0.1) is 5.92 Å². The molecule has 44 heavy (non-hydrogen) atoms. The van der Waals surface area contributed by atoms with Gasteiger partial charge in [0.15, 0.2) is 5.76 Å². The van der Waals surface area contributed by atoms with E-state index in [2.05, 4.69) is 16.0 Å². The van der Waals surface area contributed by atoms with Crippen molar-refractivity contribution in [3.63, 3.8) is 0 Å². The molecule has 0 saturated carbocycles. The monoisotopic (exact) mass is 605 g/mol. The van der Waals surface area contributed by atoms with E-state index in [1.54, 1.807) is 64.3 Å². The fourth-order valence-electron chi connectivity index (χ4n) is 4.55. The highest BCUT2D eigenvalue weighted by molar-refractivity contribution is 6.01. The molecule has 0 radical (unpaired) electrons. The fraction of sp³-hybridized carbons (Fsp3) is 0.412. The van der Waals surface area contributed by atoms with Crippen LogP contribution in [0.25, 0.3) is 0 Å². The minimum absolute atomic E-state index is 0.0853. The number of alkyl carbamates (subject to hydrolysis) is 1. The second-order valence-corrected chi connectivity index (χ2v) is 12.0. The normalized spacial score (nSPS) is 13.3. The fourth-order valence-corrected chi connectivity index (χ4v) is 4.55. The molecule has 0 aliphatic carbocycles. The van der Waals surface area contributed by atoms with E-state index in [1.807, 2.05) is 44.2 Å². The highest BCUT2D eigenvalue weighted by Gasteiger charge is 2.32. The number of furan rings is 1. The van der Waals surface area contributed by atoms with Crippen LogP contribution in [-0.2, 0) is 27.2 Å². The molecule has 0 aliphatic heterocycles. The van der Waals surface area contributed by atoms with Gasteiger partial charge in [0.05, 0.1) is 19.4 Å². The average Bonchev–Trinajstić information content (AvgIpc) is 3.50. The maximum atomic E-state index is 13.8. The molecule has 0 unspecified atom stereocenters. The summed E-state index contributed by atoms with van der Waals surface area (Å²) in [5.41, 5.74) is 0.783. The lowest BCUT2D eigenvalue weighted by Crippen LogP contribution is -2.57. The summed E-state index contributed by atoms with van der Waals surface area (Å²) in [6, 6.07) is 16.5. The van der Waals surface area contributed by atoms with Crippen LogP contribution >= 0.6 is 0 Å². The zero-order valence-corrected chi connectivity index (χ0v) is 26.2. The van der Waals surface area contributed by atoms with Gasteiger partial charge >= 0.3 is 6.09 Å². The molecule has 3 atom stereocenters. The van der Waals surface area contributed by atoms with Crippen molar-refractivity contribution < 1.29 is 33.1 Å². The van der Waals surface area contributed by atoms with Crippen LogP contribution in [0.5, 0.6) is 5.75 Å². The standard InChI is InChI=1S/C34H43N3O7/c1-22(2)19-26(30(38)29-13-10-18-43-29)35-31(39)27(21-24-14-16-25(42-6)17-15-24)36-32(40)28(20-23-11-8-7-9-12-23)37-33(41)44-34(3,4)5/h7-18,22,26-28H,19-21H2,1-6H3,(H,35,39)(H,36,40)(H,37,41)/t26-,27-,28-/m0/s1. The summed E-state index contributed by atoms with van der Waals surface area (Å²) in [6.45, 7) is 9.08. The number of methoxy groups -OCH3 is 1. The molecule has 1 aromatic heterocycles. The Morgan fingerprint density at radius 3 is 1.84 bits per heavy atom. The zero-order valence-electron chi connectivity index (χ0n) is 26.2. The first-order chi connectivity index (χ1) is 20.8. The molecule has 3 aromatic rings. The topological polar surface area (TPSA) is 136 Å². The summed E-state index contributed by atoms with van der Waals surface area (Å²) in [5, 5.41) is 8.33. The van der Waals surface area contributed by atoms with Gasteiger partial charge in [0.25, 0.3) is 0 Å². The van der Waals surface area contributed by atoms with E-state index >= 15 is 0 Å². The first-order valence-electron chi connectivity index (χ1n) is 14.7. The van der Waals surface area contributed by atoms with Crippen molar-refractivity contribution in [1.29, 1.82) is 0 Å². The van der Waals surface area contributed by atoms with Crippen LogP contribution in [0.4, 0.5) is 4.79 Å². The Morgan fingerprint density at radius 2 is 1.32 bits per heavy atom. The summed E-state index contributed by atoms with van der Waals surface area (Å²) in [4.78, 5) is 53.5. The van der Waals surface area contributed by atoms with E-state index in [0.717, 1.165) is 11.1 Å². The summed E-state index contributed by atoms with van der Waals surface area (Å²) in [7, 11) is 1.56. The van der Waals surface area contributed by atoms with E-state index < -0.39 is 41.6 Å². The average molecular weight is 606 g/mol. The number of ether oxygens (including phenoxy) is 2. The SMILES string of the molecule is COc1ccc(C[C@H](NC(=O)[C@H](Cc2ccccc2)NC(=O)OC(C)(C)C)C(=O)N[C@@H](CC(C)C)C(=O)c2ccco2)cc1. The molecule has 236 valence electrons. The molecule has 3 rings (SSSR count). The number of benzene rings is 2. The first kappa shape index (κ1) is 33.9. The molecule has 3 N–H and O–H groups in total. The third kappa shape index (κ3) is 10.9. The van der Waals surface area contributed by atoms with Gasteiger partial charge in [-0.15, -0.1) is 0 Å². The minimum atomic E-state index is -1.08. The molecule has 0 saturated heterocycles. The second kappa shape index (κ2) is 15.7. The maximum Gasteiger partial charge on any atom is 0.408 e. The summed E-state index contributed by atoms with van der Waals surface area (Å²) < 4.78 is 16.0.